The number of rotatable bonds is 5. The first-order chi connectivity index (χ1) is 12.2. The van der Waals surface area contributed by atoms with E-state index in [9.17, 15) is 4.79 Å². The highest BCUT2D eigenvalue weighted by Crippen LogP contribution is 2.22. The number of nitrogens with zero attached hydrogens (tertiary/aromatic N) is 1. The van der Waals surface area contributed by atoms with Crippen LogP contribution in [0, 0.1) is 0 Å². The standard InChI is InChI=1S/C20H18N2O3/c1-24-18-10-17(11-19(12-18)25-2)20(23)22-21-13-14-7-8-15-5-3-4-6-16(15)9-14/h3-13H,1-2H3,(H,22,23)/b21-13+. The van der Waals surface area contributed by atoms with E-state index in [1.54, 1.807) is 24.4 Å². The van der Waals surface area contributed by atoms with Gasteiger partial charge in [-0.15, -0.1) is 0 Å². The number of amides is 1. The van der Waals surface area contributed by atoms with Gasteiger partial charge in [0.25, 0.3) is 5.91 Å². The van der Waals surface area contributed by atoms with Crippen LogP contribution >= 0.6 is 0 Å². The molecule has 25 heavy (non-hydrogen) atoms. The zero-order chi connectivity index (χ0) is 17.6. The lowest BCUT2D eigenvalue weighted by atomic mass is 10.1. The summed E-state index contributed by atoms with van der Waals surface area (Å²) in [5.41, 5.74) is 3.83. The molecule has 1 N–H and O–H groups in total. The van der Waals surface area contributed by atoms with Crippen molar-refractivity contribution in [1.29, 1.82) is 0 Å². The van der Waals surface area contributed by atoms with Crippen LogP contribution in [0.1, 0.15) is 15.9 Å². The maximum absolute atomic E-state index is 12.2. The highest BCUT2D eigenvalue weighted by Gasteiger charge is 2.09. The largest absolute Gasteiger partial charge is 0.497 e. The van der Waals surface area contributed by atoms with Gasteiger partial charge in [0.15, 0.2) is 0 Å². The third-order valence-corrected chi connectivity index (χ3v) is 3.77. The first-order valence-corrected chi connectivity index (χ1v) is 7.75. The molecule has 5 nitrogen and oxygen atoms in total. The third-order valence-electron chi connectivity index (χ3n) is 3.77. The lowest BCUT2D eigenvalue weighted by molar-refractivity contribution is 0.0954. The molecule has 3 aromatic rings. The van der Waals surface area contributed by atoms with Crippen LogP contribution < -0.4 is 14.9 Å². The predicted octanol–water partition coefficient (Wildman–Crippen LogP) is 3.62. The van der Waals surface area contributed by atoms with Gasteiger partial charge in [0.1, 0.15) is 11.5 Å². The molecule has 0 aliphatic heterocycles. The first kappa shape index (κ1) is 16.5. The predicted molar refractivity (Wildman–Crippen MR) is 98.6 cm³/mol. The molecular weight excluding hydrogens is 316 g/mol. The van der Waals surface area contributed by atoms with Crippen LogP contribution in [-0.2, 0) is 0 Å². The molecule has 0 aliphatic carbocycles. The van der Waals surface area contributed by atoms with E-state index in [2.05, 4.69) is 10.5 Å². The van der Waals surface area contributed by atoms with Crippen molar-refractivity contribution in [2.24, 2.45) is 5.10 Å². The monoisotopic (exact) mass is 334 g/mol. The summed E-state index contributed by atoms with van der Waals surface area (Å²) in [5, 5.41) is 6.31. The highest BCUT2D eigenvalue weighted by atomic mass is 16.5. The topological polar surface area (TPSA) is 59.9 Å². The van der Waals surface area contributed by atoms with Crippen LogP contribution in [0.25, 0.3) is 10.8 Å². The van der Waals surface area contributed by atoms with Crippen molar-refractivity contribution >= 4 is 22.9 Å². The molecule has 0 bridgehead atoms. The molecule has 3 rings (SSSR count). The molecule has 0 atom stereocenters. The van der Waals surface area contributed by atoms with Crippen molar-refractivity contribution in [2.75, 3.05) is 14.2 Å². The molecule has 0 aromatic heterocycles. The van der Waals surface area contributed by atoms with E-state index in [4.69, 9.17) is 9.47 Å². The van der Waals surface area contributed by atoms with Crippen molar-refractivity contribution < 1.29 is 14.3 Å². The summed E-state index contributed by atoms with van der Waals surface area (Å²) in [4.78, 5) is 12.2. The van der Waals surface area contributed by atoms with Crippen LogP contribution in [0.4, 0.5) is 0 Å². The number of ether oxygens (including phenoxy) is 2. The normalized spacial score (nSPS) is 10.8. The summed E-state index contributed by atoms with van der Waals surface area (Å²) in [6.07, 6.45) is 1.61. The zero-order valence-electron chi connectivity index (χ0n) is 14.0. The van der Waals surface area contributed by atoms with Crippen LogP contribution in [0.15, 0.2) is 65.8 Å². The maximum Gasteiger partial charge on any atom is 0.271 e. The molecule has 0 spiro atoms. The van der Waals surface area contributed by atoms with Crippen LogP contribution in [0.2, 0.25) is 0 Å². The molecule has 0 fully saturated rings. The molecule has 0 unspecified atom stereocenters. The van der Waals surface area contributed by atoms with Crippen molar-refractivity contribution in [3.63, 3.8) is 0 Å². The van der Waals surface area contributed by atoms with Gasteiger partial charge in [-0.2, -0.15) is 5.10 Å². The SMILES string of the molecule is COc1cc(OC)cc(C(=O)N/N=C/c2ccc3ccccc3c2)c1. The van der Waals surface area contributed by atoms with Crippen LogP contribution in [-0.4, -0.2) is 26.3 Å². The molecule has 1 amide bonds. The number of methoxy groups -OCH3 is 2. The Kier molecular flexibility index (Phi) is 4.95. The van der Waals surface area contributed by atoms with E-state index in [1.165, 1.54) is 14.2 Å². The van der Waals surface area contributed by atoms with E-state index in [-0.39, 0.29) is 5.91 Å². The smallest absolute Gasteiger partial charge is 0.271 e. The lowest BCUT2D eigenvalue weighted by Gasteiger charge is -2.07. The molecular formula is C20H18N2O3. The van der Waals surface area contributed by atoms with E-state index >= 15 is 0 Å². The second-order valence-electron chi connectivity index (χ2n) is 5.41. The van der Waals surface area contributed by atoms with Gasteiger partial charge in [-0.05, 0) is 34.5 Å². The molecule has 0 saturated carbocycles. The van der Waals surface area contributed by atoms with Gasteiger partial charge in [-0.3, -0.25) is 4.79 Å². The van der Waals surface area contributed by atoms with Gasteiger partial charge >= 0.3 is 0 Å². The van der Waals surface area contributed by atoms with Gasteiger partial charge < -0.3 is 9.47 Å². The fourth-order valence-corrected chi connectivity index (χ4v) is 2.46. The van der Waals surface area contributed by atoms with E-state index in [0.717, 1.165) is 16.3 Å². The number of hydrogen-bond donors (Lipinski definition) is 1. The van der Waals surface area contributed by atoms with Gasteiger partial charge in [-0.1, -0.05) is 36.4 Å². The van der Waals surface area contributed by atoms with Gasteiger partial charge in [0.05, 0.1) is 20.4 Å². The molecule has 126 valence electrons. The Bertz CT molecular complexity index is 913. The van der Waals surface area contributed by atoms with Crippen LogP contribution in [0.5, 0.6) is 11.5 Å². The minimum absolute atomic E-state index is 0.339. The average Bonchev–Trinajstić information content (AvgIpc) is 2.67. The Morgan fingerprint density at radius 2 is 1.60 bits per heavy atom. The highest BCUT2D eigenvalue weighted by molar-refractivity contribution is 5.96. The van der Waals surface area contributed by atoms with Gasteiger partial charge in [0.2, 0.25) is 0 Å². The van der Waals surface area contributed by atoms with Gasteiger partial charge in [0, 0.05) is 11.6 Å². The van der Waals surface area contributed by atoms with E-state index in [0.29, 0.717) is 17.1 Å². The van der Waals surface area contributed by atoms with Crippen molar-refractivity contribution in [3.8, 4) is 11.5 Å². The Balaban J connectivity index is 1.73. The summed E-state index contributed by atoms with van der Waals surface area (Å²) >= 11 is 0. The molecule has 0 saturated heterocycles. The summed E-state index contributed by atoms with van der Waals surface area (Å²) in [5.74, 6) is 0.750. The molecule has 0 heterocycles. The Hall–Kier alpha value is -3.34. The molecule has 3 aromatic carbocycles. The zero-order valence-corrected chi connectivity index (χ0v) is 14.0. The van der Waals surface area contributed by atoms with Crippen molar-refractivity contribution in [3.05, 3.63) is 71.8 Å². The first-order valence-electron chi connectivity index (χ1n) is 7.75. The van der Waals surface area contributed by atoms with Crippen LogP contribution in [0.3, 0.4) is 0 Å². The minimum atomic E-state index is -0.339. The Morgan fingerprint density at radius 1 is 0.920 bits per heavy atom. The second kappa shape index (κ2) is 7.49. The number of fused-ring (bicyclic) bond motifs is 1. The quantitative estimate of drug-likeness (QED) is 0.573. The number of benzene rings is 3. The average molecular weight is 334 g/mol. The molecule has 0 radical (unpaired) electrons. The number of nitrogens with one attached hydrogen (secondary N) is 1. The summed E-state index contributed by atoms with van der Waals surface area (Å²) in [6.45, 7) is 0. The Labute approximate surface area is 145 Å². The van der Waals surface area contributed by atoms with E-state index in [1.807, 2.05) is 42.5 Å². The summed E-state index contributed by atoms with van der Waals surface area (Å²) < 4.78 is 10.3. The Morgan fingerprint density at radius 3 is 2.28 bits per heavy atom. The van der Waals surface area contributed by atoms with Crippen molar-refractivity contribution in [2.45, 2.75) is 0 Å². The van der Waals surface area contributed by atoms with Gasteiger partial charge in [-0.25, -0.2) is 5.43 Å². The summed E-state index contributed by atoms with van der Waals surface area (Å²) in [7, 11) is 3.07. The third kappa shape index (κ3) is 3.95. The molecule has 5 heteroatoms. The number of carbonyl (C=O) groups is 1. The number of carbonyl (C=O) groups excluding carboxylic acids is 1. The number of hydrazone groups is 1. The number of hydrogen-bond acceptors (Lipinski definition) is 4. The summed E-state index contributed by atoms with van der Waals surface area (Å²) in [6, 6.07) is 19.0. The fourth-order valence-electron chi connectivity index (χ4n) is 2.46. The fraction of sp³-hybridized carbons (Fsp3) is 0.100. The second-order valence-corrected chi connectivity index (χ2v) is 5.41. The molecule has 0 aliphatic rings. The lowest BCUT2D eigenvalue weighted by Crippen LogP contribution is -2.17. The van der Waals surface area contributed by atoms with Crippen molar-refractivity contribution in [1.82, 2.24) is 5.43 Å². The minimum Gasteiger partial charge on any atom is -0.497 e. The van der Waals surface area contributed by atoms with E-state index < -0.39 is 0 Å². The maximum atomic E-state index is 12.2.